The van der Waals surface area contributed by atoms with Crippen LogP contribution in [0.4, 0.5) is 4.39 Å². The van der Waals surface area contributed by atoms with Crippen molar-refractivity contribution >= 4 is 11.8 Å². The largest absolute Gasteiger partial charge is 0.347 e. The maximum atomic E-state index is 13.3. The highest BCUT2D eigenvalue weighted by Crippen LogP contribution is 2.37. The van der Waals surface area contributed by atoms with Crippen LogP contribution in [0.5, 0.6) is 0 Å². The Bertz CT molecular complexity index is 897. The van der Waals surface area contributed by atoms with Crippen LogP contribution < -0.4 is 5.32 Å². The summed E-state index contributed by atoms with van der Waals surface area (Å²) in [5.74, 6) is 0.599. The number of halogens is 1. The molecule has 2 aliphatic rings. The third-order valence-electron chi connectivity index (χ3n) is 5.00. The third kappa shape index (κ3) is 3.97. The van der Waals surface area contributed by atoms with Crippen LogP contribution in [0.15, 0.2) is 30.5 Å². The van der Waals surface area contributed by atoms with E-state index >= 15 is 0 Å². The number of likely N-dealkylation sites (tertiary alicyclic amines) is 1. The highest BCUT2D eigenvalue weighted by molar-refractivity contribution is 5.95. The Morgan fingerprint density at radius 3 is 2.89 bits per heavy atom. The van der Waals surface area contributed by atoms with E-state index in [1.807, 2.05) is 0 Å². The van der Waals surface area contributed by atoms with E-state index < -0.39 is 0 Å². The van der Waals surface area contributed by atoms with Gasteiger partial charge < -0.3 is 10.2 Å². The minimum atomic E-state index is -0.325. The second-order valence-corrected chi connectivity index (χ2v) is 7.28. The van der Waals surface area contributed by atoms with Gasteiger partial charge in [0.1, 0.15) is 11.6 Å². The molecule has 2 fully saturated rings. The molecule has 2 aromatic rings. The summed E-state index contributed by atoms with van der Waals surface area (Å²) in [4.78, 5) is 35.2. The Morgan fingerprint density at radius 1 is 1.37 bits per heavy atom. The Hall–Kier alpha value is -2.83. The maximum absolute atomic E-state index is 13.3. The number of rotatable bonds is 5. The molecule has 1 N–H and O–H groups in total. The minimum absolute atomic E-state index is 0.0541. The van der Waals surface area contributed by atoms with E-state index in [1.165, 1.54) is 12.1 Å². The van der Waals surface area contributed by atoms with Gasteiger partial charge in [-0.15, -0.1) is 0 Å². The second-order valence-electron chi connectivity index (χ2n) is 7.28. The zero-order chi connectivity index (χ0) is 19.0. The number of aromatic nitrogens is 2. The first kappa shape index (κ1) is 17.6. The summed E-state index contributed by atoms with van der Waals surface area (Å²) in [6, 6.07) is 5.92. The fraction of sp³-hybridized carbons (Fsp3) is 0.400. The van der Waals surface area contributed by atoms with Crippen molar-refractivity contribution in [3.63, 3.8) is 0 Å². The van der Waals surface area contributed by atoms with E-state index in [1.54, 1.807) is 30.2 Å². The van der Waals surface area contributed by atoms with Gasteiger partial charge in [-0.05, 0) is 37.5 Å². The van der Waals surface area contributed by atoms with Gasteiger partial charge in [0.15, 0.2) is 0 Å². The molecule has 0 bridgehead atoms. The number of aryl methyl sites for hydroxylation is 1. The van der Waals surface area contributed by atoms with E-state index in [0.29, 0.717) is 30.3 Å². The number of carbonyl (C=O) groups is 2. The lowest BCUT2D eigenvalue weighted by Crippen LogP contribution is -2.37. The Kier molecular flexibility index (Phi) is 4.59. The molecular weight excluding hydrogens is 347 g/mol. The minimum Gasteiger partial charge on any atom is -0.347 e. The van der Waals surface area contributed by atoms with Gasteiger partial charge in [-0.1, -0.05) is 12.1 Å². The number of hydrogen-bond donors (Lipinski definition) is 1. The molecular formula is C20H21FN4O2. The second kappa shape index (κ2) is 7.06. The van der Waals surface area contributed by atoms with Crippen molar-refractivity contribution in [3.8, 4) is 0 Å². The quantitative estimate of drug-likeness (QED) is 0.879. The molecule has 1 aromatic heterocycles. The normalized spacial score (nSPS) is 19.4. The summed E-state index contributed by atoms with van der Waals surface area (Å²) in [5, 5.41) is 2.90. The van der Waals surface area contributed by atoms with Crippen LogP contribution >= 0.6 is 0 Å². The van der Waals surface area contributed by atoms with Gasteiger partial charge in [-0.3, -0.25) is 9.59 Å². The van der Waals surface area contributed by atoms with Crippen molar-refractivity contribution in [2.75, 3.05) is 6.54 Å². The molecule has 1 saturated carbocycles. The average Bonchev–Trinajstić information content (AvgIpc) is 3.41. The van der Waals surface area contributed by atoms with Gasteiger partial charge in [0.25, 0.3) is 5.91 Å². The smallest absolute Gasteiger partial charge is 0.254 e. The number of carbonyl (C=O) groups excluding carboxylic acids is 2. The summed E-state index contributed by atoms with van der Waals surface area (Å²) < 4.78 is 13.3. The zero-order valence-corrected chi connectivity index (χ0v) is 15.1. The summed E-state index contributed by atoms with van der Waals surface area (Å²) >= 11 is 0. The molecule has 0 unspecified atom stereocenters. The maximum Gasteiger partial charge on any atom is 0.254 e. The topological polar surface area (TPSA) is 75.2 Å². The van der Waals surface area contributed by atoms with Crippen molar-refractivity contribution in [1.82, 2.24) is 20.2 Å². The van der Waals surface area contributed by atoms with Crippen molar-refractivity contribution < 1.29 is 14.0 Å². The van der Waals surface area contributed by atoms with E-state index in [2.05, 4.69) is 15.3 Å². The molecule has 7 heteroatoms. The summed E-state index contributed by atoms with van der Waals surface area (Å²) in [7, 11) is 0. The van der Waals surface area contributed by atoms with E-state index in [-0.39, 0.29) is 30.1 Å². The summed E-state index contributed by atoms with van der Waals surface area (Å²) in [6.45, 7) is 2.54. The Labute approximate surface area is 156 Å². The first-order valence-electron chi connectivity index (χ1n) is 9.16. The van der Waals surface area contributed by atoms with Gasteiger partial charge in [0.05, 0.1) is 17.3 Å². The molecule has 1 aliphatic heterocycles. The van der Waals surface area contributed by atoms with Crippen LogP contribution in [-0.4, -0.2) is 39.3 Å². The van der Waals surface area contributed by atoms with E-state index in [9.17, 15) is 14.0 Å². The van der Waals surface area contributed by atoms with E-state index in [4.69, 9.17) is 0 Å². The van der Waals surface area contributed by atoms with Crippen LogP contribution in [-0.2, 0) is 11.3 Å². The first-order chi connectivity index (χ1) is 13.0. The number of nitrogens with zero attached hydrogens (tertiary/aromatic N) is 3. The standard InChI is InChI=1S/C20H21FN4O2/c1-12-17(9-22-19(23-12)14-5-6-14)20(27)24-16-8-18(26)25(11-16)10-13-3-2-4-15(21)7-13/h2-4,7,9,14,16H,5-6,8,10-11H2,1H3,(H,24,27)/t16-/m0/s1. The predicted octanol–water partition coefficient (Wildman–Crippen LogP) is 2.33. The molecule has 0 spiro atoms. The lowest BCUT2D eigenvalue weighted by molar-refractivity contribution is -0.128. The van der Waals surface area contributed by atoms with Gasteiger partial charge in [-0.2, -0.15) is 0 Å². The molecule has 2 amide bonds. The molecule has 27 heavy (non-hydrogen) atoms. The van der Waals surface area contributed by atoms with Crippen molar-refractivity contribution in [3.05, 3.63) is 58.9 Å². The summed E-state index contributed by atoms with van der Waals surface area (Å²) in [5.41, 5.74) is 1.83. The highest BCUT2D eigenvalue weighted by atomic mass is 19.1. The summed E-state index contributed by atoms with van der Waals surface area (Å²) in [6.07, 6.45) is 4.03. The lowest BCUT2D eigenvalue weighted by Gasteiger charge is -2.17. The molecule has 6 nitrogen and oxygen atoms in total. The van der Waals surface area contributed by atoms with Crippen molar-refractivity contribution in [2.24, 2.45) is 0 Å². The van der Waals surface area contributed by atoms with E-state index in [0.717, 1.165) is 24.2 Å². The van der Waals surface area contributed by atoms with Gasteiger partial charge in [0.2, 0.25) is 5.91 Å². The SMILES string of the molecule is Cc1nc(C2CC2)ncc1C(=O)N[C@H]1CC(=O)N(Cc2cccc(F)c2)C1. The van der Waals surface area contributed by atoms with Crippen LogP contribution in [0.2, 0.25) is 0 Å². The molecule has 1 aromatic carbocycles. The molecule has 1 aliphatic carbocycles. The van der Waals surface area contributed by atoms with Gasteiger partial charge in [-0.25, -0.2) is 14.4 Å². The van der Waals surface area contributed by atoms with Crippen LogP contribution in [0.1, 0.15) is 52.6 Å². The fourth-order valence-corrected chi connectivity index (χ4v) is 3.39. The monoisotopic (exact) mass is 368 g/mol. The first-order valence-corrected chi connectivity index (χ1v) is 9.16. The van der Waals surface area contributed by atoms with Crippen molar-refractivity contribution in [2.45, 2.75) is 44.7 Å². The number of amides is 2. The predicted molar refractivity (Wildman–Crippen MR) is 96.4 cm³/mol. The number of benzene rings is 1. The Morgan fingerprint density at radius 2 is 2.19 bits per heavy atom. The third-order valence-corrected chi connectivity index (χ3v) is 5.00. The van der Waals surface area contributed by atoms with Crippen molar-refractivity contribution in [1.29, 1.82) is 0 Å². The van der Waals surface area contributed by atoms with Crippen LogP contribution in [0, 0.1) is 12.7 Å². The van der Waals surface area contributed by atoms with Gasteiger partial charge in [0, 0.05) is 31.6 Å². The van der Waals surface area contributed by atoms with Crippen LogP contribution in [0.3, 0.4) is 0 Å². The molecule has 2 heterocycles. The molecule has 4 rings (SSSR count). The lowest BCUT2D eigenvalue weighted by atomic mass is 10.2. The molecule has 140 valence electrons. The van der Waals surface area contributed by atoms with Crippen LogP contribution in [0.25, 0.3) is 0 Å². The highest BCUT2D eigenvalue weighted by Gasteiger charge is 2.32. The Balaban J connectivity index is 1.38. The van der Waals surface area contributed by atoms with Gasteiger partial charge >= 0.3 is 0 Å². The average molecular weight is 368 g/mol. The zero-order valence-electron chi connectivity index (χ0n) is 15.1. The molecule has 0 radical (unpaired) electrons. The molecule has 1 atom stereocenters. The molecule has 1 saturated heterocycles. The fourth-order valence-electron chi connectivity index (χ4n) is 3.39. The number of nitrogens with one attached hydrogen (secondary N) is 1. The number of hydrogen-bond acceptors (Lipinski definition) is 4.